The van der Waals surface area contributed by atoms with Crippen molar-refractivity contribution >= 4 is 11.9 Å². The van der Waals surface area contributed by atoms with Crippen LogP contribution in [0.5, 0.6) is 0 Å². The van der Waals surface area contributed by atoms with Crippen LogP contribution in [-0.2, 0) is 4.74 Å². The van der Waals surface area contributed by atoms with E-state index in [0.29, 0.717) is 48.4 Å². The number of nitrogens with one attached hydrogen (secondary N) is 2. The van der Waals surface area contributed by atoms with Gasteiger partial charge in [0.15, 0.2) is 0 Å². The molecule has 1 saturated heterocycles. The molecule has 0 atom stereocenters. The molecule has 0 aliphatic carbocycles. The molecule has 1 fully saturated rings. The van der Waals surface area contributed by atoms with Gasteiger partial charge in [0.25, 0.3) is 12.3 Å². The fraction of sp³-hybridized carbons (Fsp3) is 0.647. The molecule has 2 rings (SSSR count). The molecule has 0 radical (unpaired) electrons. The number of alkyl halides is 2. The summed E-state index contributed by atoms with van der Waals surface area (Å²) < 4.78 is 29.8. The van der Waals surface area contributed by atoms with Crippen LogP contribution in [0.1, 0.15) is 51.9 Å². The van der Waals surface area contributed by atoms with Crippen LogP contribution in [0, 0.1) is 13.8 Å². The van der Waals surface area contributed by atoms with Crippen LogP contribution in [0.4, 0.5) is 8.78 Å². The molecule has 0 spiro atoms. The number of likely N-dealkylation sites (tertiary alicyclic amines) is 1. The number of halogens is 2. The van der Waals surface area contributed by atoms with Gasteiger partial charge in [0, 0.05) is 24.8 Å². The highest BCUT2D eigenvalue weighted by molar-refractivity contribution is 6.00. The second kappa shape index (κ2) is 8.42. The standard InChI is InChI=1S/C17H25F2N3O3/c1-4-25-17(24)14-10(2)15(20-11(14)3)16(23)21-12-5-7-22(8-6-12)9-13(18)19/h12-13,20H,4-9H2,1-3H3,(H,21,23). The Morgan fingerprint density at radius 3 is 2.52 bits per heavy atom. The van der Waals surface area contributed by atoms with Crippen LogP contribution in [0.15, 0.2) is 0 Å². The van der Waals surface area contributed by atoms with Crippen molar-refractivity contribution in [3.63, 3.8) is 0 Å². The van der Waals surface area contributed by atoms with Crippen molar-refractivity contribution in [3.8, 4) is 0 Å². The summed E-state index contributed by atoms with van der Waals surface area (Å²) in [6, 6.07) is -0.0597. The maximum atomic E-state index is 12.5. The van der Waals surface area contributed by atoms with E-state index in [1.807, 2.05) is 0 Å². The molecule has 1 aliphatic heterocycles. The maximum Gasteiger partial charge on any atom is 0.340 e. The van der Waals surface area contributed by atoms with Gasteiger partial charge in [-0.25, -0.2) is 13.6 Å². The molecule has 1 aliphatic rings. The minimum atomic E-state index is -2.34. The second-order valence-corrected chi connectivity index (χ2v) is 6.28. The number of H-pyrrole nitrogens is 1. The third-order valence-corrected chi connectivity index (χ3v) is 4.46. The lowest BCUT2D eigenvalue weighted by Crippen LogP contribution is -2.45. The molecule has 1 aromatic rings. The van der Waals surface area contributed by atoms with E-state index < -0.39 is 12.4 Å². The summed E-state index contributed by atoms with van der Waals surface area (Å²) >= 11 is 0. The molecule has 0 aromatic carbocycles. The van der Waals surface area contributed by atoms with E-state index in [0.717, 1.165) is 0 Å². The first-order valence-corrected chi connectivity index (χ1v) is 8.51. The van der Waals surface area contributed by atoms with Gasteiger partial charge in [-0.1, -0.05) is 0 Å². The largest absolute Gasteiger partial charge is 0.462 e. The number of rotatable bonds is 6. The van der Waals surface area contributed by atoms with Gasteiger partial charge in [0.1, 0.15) is 5.69 Å². The Bertz CT molecular complexity index is 623. The van der Waals surface area contributed by atoms with Crippen LogP contribution >= 0.6 is 0 Å². The summed E-state index contributed by atoms with van der Waals surface area (Å²) in [4.78, 5) is 29.2. The molecular weight excluding hydrogens is 332 g/mol. The van der Waals surface area contributed by atoms with Crippen LogP contribution in [0.2, 0.25) is 0 Å². The van der Waals surface area contributed by atoms with Crippen molar-refractivity contribution in [2.75, 3.05) is 26.2 Å². The Morgan fingerprint density at radius 1 is 1.32 bits per heavy atom. The summed E-state index contributed by atoms with van der Waals surface area (Å²) in [5.74, 6) is -0.739. The number of esters is 1. The van der Waals surface area contributed by atoms with Gasteiger partial charge >= 0.3 is 5.97 Å². The zero-order valence-electron chi connectivity index (χ0n) is 14.8. The number of carbonyl (C=O) groups is 2. The molecule has 1 aromatic heterocycles. The van der Waals surface area contributed by atoms with Crippen molar-refractivity contribution in [1.29, 1.82) is 0 Å². The molecule has 140 valence electrons. The number of aromatic nitrogens is 1. The molecule has 25 heavy (non-hydrogen) atoms. The van der Waals surface area contributed by atoms with Crippen LogP contribution in [-0.4, -0.2) is 60.5 Å². The summed E-state index contributed by atoms with van der Waals surface area (Å²) in [6.45, 7) is 6.26. The zero-order chi connectivity index (χ0) is 18.6. The first-order chi connectivity index (χ1) is 11.8. The molecule has 6 nitrogen and oxygen atoms in total. The van der Waals surface area contributed by atoms with Crippen molar-refractivity contribution in [2.24, 2.45) is 0 Å². The Balaban J connectivity index is 1.98. The number of aromatic amines is 1. The second-order valence-electron chi connectivity index (χ2n) is 6.28. The fourth-order valence-corrected chi connectivity index (χ4v) is 3.20. The molecule has 0 saturated carbocycles. The molecule has 0 bridgehead atoms. The molecule has 8 heteroatoms. The summed E-state index contributed by atoms with van der Waals surface area (Å²) in [7, 11) is 0. The smallest absolute Gasteiger partial charge is 0.340 e. The van der Waals surface area contributed by atoms with Crippen molar-refractivity contribution in [1.82, 2.24) is 15.2 Å². The van der Waals surface area contributed by atoms with Gasteiger partial charge < -0.3 is 15.0 Å². The molecule has 0 unspecified atom stereocenters. The molecule has 2 heterocycles. The van der Waals surface area contributed by atoms with E-state index in [1.165, 1.54) is 0 Å². The van der Waals surface area contributed by atoms with Crippen LogP contribution in [0.3, 0.4) is 0 Å². The Kier molecular flexibility index (Phi) is 6.52. The SMILES string of the molecule is CCOC(=O)c1c(C)[nH]c(C(=O)NC2CCN(CC(F)F)CC2)c1C. The number of ether oxygens (including phenoxy) is 1. The normalized spacial score (nSPS) is 16.2. The molecule has 2 N–H and O–H groups in total. The third kappa shape index (κ3) is 4.78. The zero-order valence-corrected chi connectivity index (χ0v) is 14.8. The van der Waals surface area contributed by atoms with Gasteiger partial charge in [-0.15, -0.1) is 0 Å². The lowest BCUT2D eigenvalue weighted by Gasteiger charge is -2.31. The van der Waals surface area contributed by atoms with E-state index in [9.17, 15) is 18.4 Å². The first kappa shape index (κ1) is 19.4. The van der Waals surface area contributed by atoms with Crippen molar-refractivity contribution < 1.29 is 23.1 Å². The monoisotopic (exact) mass is 357 g/mol. The summed E-state index contributed by atoms with van der Waals surface area (Å²) in [6.07, 6.45) is -1.08. The lowest BCUT2D eigenvalue weighted by atomic mass is 10.0. The Morgan fingerprint density at radius 2 is 1.96 bits per heavy atom. The van der Waals surface area contributed by atoms with Gasteiger partial charge in [-0.3, -0.25) is 9.69 Å². The number of amides is 1. The average molecular weight is 357 g/mol. The summed E-state index contributed by atoms with van der Waals surface area (Å²) in [5, 5.41) is 2.92. The maximum absolute atomic E-state index is 12.5. The quantitative estimate of drug-likeness (QED) is 0.766. The predicted molar refractivity (Wildman–Crippen MR) is 89.2 cm³/mol. The van der Waals surface area contributed by atoms with Crippen molar-refractivity contribution in [3.05, 3.63) is 22.5 Å². The highest BCUT2D eigenvalue weighted by atomic mass is 19.3. The summed E-state index contributed by atoms with van der Waals surface area (Å²) in [5.41, 5.74) is 1.88. The highest BCUT2D eigenvalue weighted by Gasteiger charge is 2.26. The Labute approximate surface area is 145 Å². The first-order valence-electron chi connectivity index (χ1n) is 8.51. The van der Waals surface area contributed by atoms with E-state index in [2.05, 4.69) is 10.3 Å². The number of piperidine rings is 1. The van der Waals surface area contributed by atoms with E-state index in [1.54, 1.807) is 25.7 Å². The number of hydrogen-bond acceptors (Lipinski definition) is 4. The Hall–Kier alpha value is -1.96. The minimum Gasteiger partial charge on any atom is -0.462 e. The van der Waals surface area contributed by atoms with Crippen molar-refractivity contribution in [2.45, 2.75) is 46.1 Å². The average Bonchev–Trinajstić information content (AvgIpc) is 2.84. The van der Waals surface area contributed by atoms with Crippen LogP contribution in [0.25, 0.3) is 0 Å². The fourth-order valence-electron chi connectivity index (χ4n) is 3.20. The predicted octanol–water partition coefficient (Wildman–Crippen LogP) is 2.27. The minimum absolute atomic E-state index is 0.0597. The number of hydrogen-bond donors (Lipinski definition) is 2. The highest BCUT2D eigenvalue weighted by Crippen LogP contribution is 2.20. The van der Waals surface area contributed by atoms with Gasteiger partial charge in [-0.2, -0.15) is 0 Å². The van der Waals surface area contributed by atoms with E-state index in [4.69, 9.17) is 4.74 Å². The topological polar surface area (TPSA) is 74.4 Å². The van der Waals surface area contributed by atoms with E-state index >= 15 is 0 Å². The van der Waals surface area contributed by atoms with Gasteiger partial charge in [0.2, 0.25) is 0 Å². The molecular formula is C17H25F2N3O3. The molecule has 1 amide bonds. The number of nitrogens with zero attached hydrogens (tertiary/aromatic N) is 1. The van der Waals surface area contributed by atoms with E-state index in [-0.39, 0.29) is 25.1 Å². The van der Waals surface area contributed by atoms with Crippen LogP contribution < -0.4 is 5.32 Å². The van der Waals surface area contributed by atoms with Gasteiger partial charge in [0.05, 0.1) is 18.7 Å². The lowest BCUT2D eigenvalue weighted by molar-refractivity contribution is 0.0525. The number of aryl methyl sites for hydroxylation is 1. The third-order valence-electron chi connectivity index (χ3n) is 4.46. The number of carbonyl (C=O) groups excluding carboxylic acids is 2. The van der Waals surface area contributed by atoms with Gasteiger partial charge in [-0.05, 0) is 39.2 Å².